The van der Waals surface area contributed by atoms with Gasteiger partial charge in [0.05, 0.1) is 0 Å². The van der Waals surface area contributed by atoms with Crippen molar-refractivity contribution in [1.29, 1.82) is 0 Å². The molecule has 2 nitrogen and oxygen atoms in total. The first-order valence-corrected chi connectivity index (χ1v) is 7.55. The maximum Gasteiger partial charge on any atom is 0.00694 e. The van der Waals surface area contributed by atoms with E-state index in [1.165, 1.54) is 19.3 Å². The minimum Gasteiger partial charge on any atom is -0.328 e. The molecule has 4 unspecified atom stereocenters. The Morgan fingerprint density at radius 1 is 1.00 bits per heavy atom. The van der Waals surface area contributed by atoms with Crippen LogP contribution < -0.4 is 11.1 Å². The van der Waals surface area contributed by atoms with Gasteiger partial charge in [-0.1, -0.05) is 47.0 Å². The zero-order chi connectivity index (χ0) is 13.3. The van der Waals surface area contributed by atoms with Crippen molar-refractivity contribution in [2.45, 2.75) is 78.8 Å². The van der Waals surface area contributed by atoms with Gasteiger partial charge in [-0.15, -0.1) is 0 Å². The molecule has 0 aliphatic heterocycles. The molecule has 0 bridgehead atoms. The fraction of sp³-hybridized carbons (Fsp3) is 1.00. The van der Waals surface area contributed by atoms with Gasteiger partial charge in [0.15, 0.2) is 0 Å². The van der Waals surface area contributed by atoms with E-state index in [1.54, 1.807) is 0 Å². The maximum atomic E-state index is 6.03. The topological polar surface area (TPSA) is 38.0 Å². The molecule has 0 aliphatic carbocycles. The van der Waals surface area contributed by atoms with E-state index in [0.29, 0.717) is 12.1 Å². The van der Waals surface area contributed by atoms with E-state index in [1.807, 2.05) is 0 Å². The molecule has 0 spiro atoms. The van der Waals surface area contributed by atoms with Crippen molar-refractivity contribution >= 4 is 0 Å². The van der Waals surface area contributed by atoms with Crippen molar-refractivity contribution in [2.75, 3.05) is 6.54 Å². The predicted molar refractivity (Wildman–Crippen MR) is 78.2 cm³/mol. The fourth-order valence-corrected chi connectivity index (χ4v) is 2.71. The van der Waals surface area contributed by atoms with Crippen molar-refractivity contribution < 1.29 is 0 Å². The molecule has 0 heterocycles. The van der Waals surface area contributed by atoms with Crippen LogP contribution in [0.4, 0.5) is 0 Å². The third kappa shape index (κ3) is 7.05. The highest BCUT2D eigenvalue weighted by atomic mass is 14.9. The second kappa shape index (κ2) is 9.90. The maximum absolute atomic E-state index is 6.03. The Labute approximate surface area is 109 Å². The zero-order valence-electron chi connectivity index (χ0n) is 12.6. The summed E-state index contributed by atoms with van der Waals surface area (Å²) < 4.78 is 0. The molecule has 0 fully saturated rings. The van der Waals surface area contributed by atoms with Crippen LogP contribution in [0.3, 0.4) is 0 Å². The van der Waals surface area contributed by atoms with Crippen molar-refractivity contribution in [3.05, 3.63) is 0 Å². The number of nitrogens with two attached hydrogens (primary N) is 1. The first-order chi connectivity index (χ1) is 8.06. The average molecular weight is 242 g/mol. The second-order valence-electron chi connectivity index (χ2n) is 5.54. The molecule has 0 aromatic heterocycles. The van der Waals surface area contributed by atoms with Crippen LogP contribution in [-0.4, -0.2) is 18.6 Å². The van der Waals surface area contributed by atoms with Gasteiger partial charge in [-0.2, -0.15) is 0 Å². The first kappa shape index (κ1) is 16.9. The molecule has 0 rings (SSSR count). The number of hydrogen-bond acceptors (Lipinski definition) is 2. The first-order valence-electron chi connectivity index (χ1n) is 7.55. The van der Waals surface area contributed by atoms with Crippen LogP contribution in [0.2, 0.25) is 0 Å². The minimum atomic E-state index is 0.378. The standard InChI is InChI=1S/C15H34N2/c1-6-9-14(16)10-11-17-13(5)15(8-3)12(4)7-2/h12-15,17H,6-11,16H2,1-5H3. The van der Waals surface area contributed by atoms with Crippen LogP contribution in [-0.2, 0) is 0 Å². The van der Waals surface area contributed by atoms with Crippen LogP contribution in [0.1, 0.15) is 66.7 Å². The molecule has 0 amide bonds. The van der Waals surface area contributed by atoms with Crippen LogP contribution in [0.5, 0.6) is 0 Å². The van der Waals surface area contributed by atoms with Crippen molar-refractivity contribution in [3.63, 3.8) is 0 Å². The molecular weight excluding hydrogens is 208 g/mol. The lowest BCUT2D eigenvalue weighted by Crippen LogP contribution is -2.38. The fourth-order valence-electron chi connectivity index (χ4n) is 2.71. The van der Waals surface area contributed by atoms with Crippen LogP contribution in [0.25, 0.3) is 0 Å². The van der Waals surface area contributed by atoms with E-state index >= 15 is 0 Å². The molecule has 4 atom stereocenters. The summed E-state index contributed by atoms with van der Waals surface area (Å²) in [5.74, 6) is 1.61. The molecular formula is C15H34N2. The average Bonchev–Trinajstić information content (AvgIpc) is 2.30. The summed E-state index contributed by atoms with van der Waals surface area (Å²) in [6.45, 7) is 12.6. The molecule has 0 aromatic rings. The highest BCUT2D eigenvalue weighted by Crippen LogP contribution is 2.22. The SMILES string of the molecule is CCCC(N)CCNC(C)C(CC)C(C)CC. The Bertz CT molecular complexity index is 170. The van der Waals surface area contributed by atoms with Gasteiger partial charge in [0.2, 0.25) is 0 Å². The molecule has 3 N–H and O–H groups in total. The summed E-state index contributed by atoms with van der Waals surface area (Å²) in [4.78, 5) is 0. The van der Waals surface area contributed by atoms with E-state index in [-0.39, 0.29) is 0 Å². The van der Waals surface area contributed by atoms with E-state index in [0.717, 1.165) is 31.2 Å². The molecule has 2 heteroatoms. The van der Waals surface area contributed by atoms with Gasteiger partial charge in [0.1, 0.15) is 0 Å². The van der Waals surface area contributed by atoms with Gasteiger partial charge in [-0.3, -0.25) is 0 Å². The lowest BCUT2D eigenvalue weighted by atomic mass is 9.84. The molecule has 0 radical (unpaired) electrons. The summed E-state index contributed by atoms with van der Waals surface area (Å²) in [5, 5.41) is 3.66. The Balaban J connectivity index is 3.86. The lowest BCUT2D eigenvalue weighted by Gasteiger charge is -2.29. The molecule has 0 aromatic carbocycles. The largest absolute Gasteiger partial charge is 0.328 e. The summed E-state index contributed by atoms with van der Waals surface area (Å²) in [6.07, 6.45) is 6.00. The quantitative estimate of drug-likeness (QED) is 0.615. The van der Waals surface area contributed by atoms with Gasteiger partial charge in [-0.05, 0) is 38.1 Å². The van der Waals surface area contributed by atoms with Gasteiger partial charge >= 0.3 is 0 Å². The molecule has 104 valence electrons. The summed E-state index contributed by atoms with van der Waals surface area (Å²) in [5.41, 5.74) is 6.03. The van der Waals surface area contributed by atoms with E-state index in [9.17, 15) is 0 Å². The molecule has 17 heavy (non-hydrogen) atoms. The molecule has 0 aliphatic rings. The smallest absolute Gasteiger partial charge is 0.00694 e. The summed E-state index contributed by atoms with van der Waals surface area (Å²) in [6, 6.07) is 0.993. The van der Waals surface area contributed by atoms with Gasteiger partial charge in [0, 0.05) is 12.1 Å². The van der Waals surface area contributed by atoms with Gasteiger partial charge in [-0.25, -0.2) is 0 Å². The second-order valence-corrected chi connectivity index (χ2v) is 5.54. The number of hydrogen-bond donors (Lipinski definition) is 2. The van der Waals surface area contributed by atoms with E-state index in [4.69, 9.17) is 5.73 Å². The van der Waals surface area contributed by atoms with Gasteiger partial charge < -0.3 is 11.1 Å². The Kier molecular flexibility index (Phi) is 9.85. The summed E-state index contributed by atoms with van der Waals surface area (Å²) in [7, 11) is 0. The molecule has 0 saturated heterocycles. The van der Waals surface area contributed by atoms with Crippen LogP contribution >= 0.6 is 0 Å². The third-order valence-corrected chi connectivity index (χ3v) is 4.13. The minimum absolute atomic E-state index is 0.378. The number of rotatable bonds is 10. The van der Waals surface area contributed by atoms with Crippen molar-refractivity contribution in [3.8, 4) is 0 Å². The third-order valence-electron chi connectivity index (χ3n) is 4.13. The van der Waals surface area contributed by atoms with Gasteiger partial charge in [0.25, 0.3) is 0 Å². The van der Waals surface area contributed by atoms with Crippen LogP contribution in [0, 0.1) is 11.8 Å². The van der Waals surface area contributed by atoms with E-state index < -0.39 is 0 Å². The van der Waals surface area contributed by atoms with Crippen molar-refractivity contribution in [1.82, 2.24) is 5.32 Å². The Morgan fingerprint density at radius 2 is 1.65 bits per heavy atom. The normalized spacial score (nSPS) is 18.7. The number of nitrogens with one attached hydrogen (secondary N) is 1. The highest BCUT2D eigenvalue weighted by molar-refractivity contribution is 4.76. The van der Waals surface area contributed by atoms with Crippen molar-refractivity contribution in [2.24, 2.45) is 17.6 Å². The van der Waals surface area contributed by atoms with Crippen LogP contribution in [0.15, 0.2) is 0 Å². The van der Waals surface area contributed by atoms with E-state index in [2.05, 4.69) is 39.9 Å². The zero-order valence-corrected chi connectivity index (χ0v) is 12.6. The Hall–Kier alpha value is -0.0800. The Morgan fingerprint density at radius 3 is 2.12 bits per heavy atom. The summed E-state index contributed by atoms with van der Waals surface area (Å²) >= 11 is 0. The monoisotopic (exact) mass is 242 g/mol. The lowest BCUT2D eigenvalue weighted by molar-refractivity contribution is 0.259. The highest BCUT2D eigenvalue weighted by Gasteiger charge is 2.20. The molecule has 0 saturated carbocycles. The predicted octanol–water partition coefficient (Wildman–Crippen LogP) is 3.55.